The molecular formula is C10H9NS. The van der Waals surface area contributed by atoms with Gasteiger partial charge in [-0.3, -0.25) is 0 Å². The molecule has 60 valence electrons. The maximum Gasteiger partial charge on any atom is 0.0577 e. The van der Waals surface area contributed by atoms with E-state index in [2.05, 4.69) is 28.9 Å². The summed E-state index contributed by atoms with van der Waals surface area (Å²) in [5, 5.41) is 6.97. The lowest BCUT2D eigenvalue weighted by Gasteiger charge is -1.99. The highest BCUT2D eigenvalue weighted by atomic mass is 32.1. The molecule has 2 heteroatoms. The fourth-order valence-corrected chi connectivity index (χ4v) is 2.74. The first-order valence-corrected chi connectivity index (χ1v) is 5.06. The Kier molecular flexibility index (Phi) is 1.21. The third-order valence-electron chi connectivity index (χ3n) is 2.40. The van der Waals surface area contributed by atoms with Crippen molar-refractivity contribution in [3.63, 3.8) is 0 Å². The second kappa shape index (κ2) is 2.23. The number of fused-ring (bicyclic) bond motifs is 3. The lowest BCUT2D eigenvalue weighted by molar-refractivity contribution is 1.11. The first-order valence-electron chi connectivity index (χ1n) is 4.18. The van der Waals surface area contributed by atoms with Crippen LogP contribution in [0.2, 0.25) is 0 Å². The van der Waals surface area contributed by atoms with Crippen LogP contribution in [-0.4, -0.2) is 6.54 Å². The van der Waals surface area contributed by atoms with Crippen LogP contribution < -0.4 is 5.32 Å². The summed E-state index contributed by atoms with van der Waals surface area (Å²) in [6.45, 7) is 1.10. The first kappa shape index (κ1) is 6.49. The summed E-state index contributed by atoms with van der Waals surface area (Å²) < 4.78 is 1.42. The zero-order chi connectivity index (χ0) is 7.97. The van der Waals surface area contributed by atoms with Gasteiger partial charge in [0.05, 0.1) is 10.4 Å². The molecule has 1 aliphatic heterocycles. The summed E-state index contributed by atoms with van der Waals surface area (Å²) in [6, 6.07) is 6.64. The number of anilines is 1. The second-order valence-electron chi connectivity index (χ2n) is 3.12. The molecule has 1 N–H and O–H groups in total. The Morgan fingerprint density at radius 2 is 2.25 bits per heavy atom. The molecule has 0 fully saturated rings. The van der Waals surface area contributed by atoms with E-state index in [1.807, 2.05) is 11.3 Å². The molecule has 1 aliphatic rings. The van der Waals surface area contributed by atoms with Crippen molar-refractivity contribution in [1.82, 2.24) is 0 Å². The molecule has 1 aromatic heterocycles. The summed E-state index contributed by atoms with van der Waals surface area (Å²) in [4.78, 5) is 0. The topological polar surface area (TPSA) is 12.0 Å². The molecule has 0 aliphatic carbocycles. The molecule has 0 amide bonds. The van der Waals surface area contributed by atoms with Crippen molar-refractivity contribution in [2.45, 2.75) is 6.42 Å². The molecule has 0 spiro atoms. The summed E-state index contributed by atoms with van der Waals surface area (Å²) >= 11 is 1.83. The molecule has 2 heterocycles. The fourth-order valence-electron chi connectivity index (χ4n) is 1.80. The average molecular weight is 175 g/mol. The van der Waals surface area contributed by atoms with Crippen LogP contribution in [0.15, 0.2) is 23.6 Å². The normalized spacial score (nSPS) is 14.7. The van der Waals surface area contributed by atoms with Crippen LogP contribution in [0.5, 0.6) is 0 Å². The first-order chi connectivity index (χ1) is 5.95. The van der Waals surface area contributed by atoms with Crippen molar-refractivity contribution >= 4 is 27.1 Å². The molecule has 0 saturated heterocycles. The number of thiophene rings is 1. The maximum absolute atomic E-state index is 3.44. The van der Waals surface area contributed by atoms with Crippen molar-refractivity contribution < 1.29 is 0 Å². The van der Waals surface area contributed by atoms with Gasteiger partial charge in [-0.2, -0.15) is 0 Å². The van der Waals surface area contributed by atoms with Gasteiger partial charge in [0.25, 0.3) is 0 Å². The number of benzene rings is 1. The fraction of sp³-hybridized carbons (Fsp3) is 0.200. The van der Waals surface area contributed by atoms with E-state index in [-0.39, 0.29) is 0 Å². The molecule has 0 saturated carbocycles. The molecule has 0 radical (unpaired) electrons. The van der Waals surface area contributed by atoms with E-state index in [9.17, 15) is 0 Å². The monoisotopic (exact) mass is 175 g/mol. The molecule has 0 unspecified atom stereocenters. The van der Waals surface area contributed by atoms with Gasteiger partial charge in [-0.1, -0.05) is 12.1 Å². The molecule has 3 rings (SSSR count). The zero-order valence-corrected chi connectivity index (χ0v) is 7.45. The van der Waals surface area contributed by atoms with Crippen molar-refractivity contribution in [3.8, 4) is 0 Å². The number of hydrogen-bond acceptors (Lipinski definition) is 2. The molecular weight excluding hydrogens is 166 g/mol. The van der Waals surface area contributed by atoms with Gasteiger partial charge in [0.2, 0.25) is 0 Å². The Labute approximate surface area is 75.0 Å². The number of hydrogen-bond donors (Lipinski definition) is 1. The predicted molar refractivity (Wildman–Crippen MR) is 54.0 cm³/mol. The van der Waals surface area contributed by atoms with Crippen molar-refractivity contribution in [2.75, 3.05) is 11.9 Å². The highest BCUT2D eigenvalue weighted by molar-refractivity contribution is 7.17. The summed E-state index contributed by atoms with van der Waals surface area (Å²) in [5.41, 5.74) is 2.85. The van der Waals surface area contributed by atoms with E-state index in [0.29, 0.717) is 0 Å². The van der Waals surface area contributed by atoms with Crippen molar-refractivity contribution in [3.05, 3.63) is 29.1 Å². The van der Waals surface area contributed by atoms with Crippen LogP contribution in [0.4, 0.5) is 5.69 Å². The van der Waals surface area contributed by atoms with E-state index in [4.69, 9.17) is 0 Å². The zero-order valence-electron chi connectivity index (χ0n) is 6.63. The maximum atomic E-state index is 3.44. The van der Waals surface area contributed by atoms with E-state index in [1.165, 1.54) is 27.8 Å². The van der Waals surface area contributed by atoms with E-state index >= 15 is 0 Å². The summed E-state index contributed by atoms with van der Waals surface area (Å²) in [5.74, 6) is 0. The van der Waals surface area contributed by atoms with Gasteiger partial charge in [-0.25, -0.2) is 0 Å². The highest BCUT2D eigenvalue weighted by Gasteiger charge is 2.12. The van der Waals surface area contributed by atoms with E-state index in [1.54, 1.807) is 0 Å². The van der Waals surface area contributed by atoms with Gasteiger partial charge in [-0.15, -0.1) is 11.3 Å². The van der Waals surface area contributed by atoms with Gasteiger partial charge in [-0.05, 0) is 28.8 Å². The highest BCUT2D eigenvalue weighted by Crippen LogP contribution is 2.34. The Hall–Kier alpha value is -1.02. The Balaban J connectivity index is 2.46. The van der Waals surface area contributed by atoms with Crippen LogP contribution in [-0.2, 0) is 6.42 Å². The van der Waals surface area contributed by atoms with Crippen LogP contribution in [0.3, 0.4) is 0 Å². The lowest BCUT2D eigenvalue weighted by Crippen LogP contribution is -1.90. The summed E-state index contributed by atoms with van der Waals surface area (Å²) in [7, 11) is 0. The Bertz CT molecular complexity index is 430. The van der Waals surface area contributed by atoms with Gasteiger partial charge in [0, 0.05) is 6.54 Å². The van der Waals surface area contributed by atoms with Crippen LogP contribution >= 0.6 is 11.3 Å². The Morgan fingerprint density at radius 1 is 1.25 bits per heavy atom. The van der Waals surface area contributed by atoms with Gasteiger partial charge >= 0.3 is 0 Å². The summed E-state index contributed by atoms with van der Waals surface area (Å²) in [6.07, 6.45) is 1.18. The van der Waals surface area contributed by atoms with E-state index < -0.39 is 0 Å². The number of rotatable bonds is 0. The van der Waals surface area contributed by atoms with Crippen molar-refractivity contribution in [1.29, 1.82) is 0 Å². The smallest absolute Gasteiger partial charge is 0.0577 e. The quantitative estimate of drug-likeness (QED) is 0.649. The molecule has 0 atom stereocenters. The molecule has 1 nitrogen and oxygen atoms in total. The Morgan fingerprint density at radius 3 is 3.25 bits per heavy atom. The van der Waals surface area contributed by atoms with Crippen molar-refractivity contribution in [2.24, 2.45) is 0 Å². The van der Waals surface area contributed by atoms with E-state index in [0.717, 1.165) is 6.54 Å². The predicted octanol–water partition coefficient (Wildman–Crippen LogP) is 2.87. The number of nitrogens with one attached hydrogen (secondary N) is 1. The van der Waals surface area contributed by atoms with Crippen LogP contribution in [0, 0.1) is 0 Å². The van der Waals surface area contributed by atoms with Gasteiger partial charge in [0.1, 0.15) is 0 Å². The SMILES string of the molecule is c1cc2ccc3c(c2s1)NCC3. The van der Waals surface area contributed by atoms with Crippen LogP contribution in [0.1, 0.15) is 5.56 Å². The van der Waals surface area contributed by atoms with Gasteiger partial charge < -0.3 is 5.32 Å². The largest absolute Gasteiger partial charge is 0.383 e. The van der Waals surface area contributed by atoms with Crippen LogP contribution in [0.25, 0.3) is 10.1 Å². The minimum Gasteiger partial charge on any atom is -0.383 e. The molecule has 1 aromatic carbocycles. The minimum atomic E-state index is 1.10. The third-order valence-corrected chi connectivity index (χ3v) is 3.35. The molecule has 2 aromatic rings. The molecule has 12 heavy (non-hydrogen) atoms. The minimum absolute atomic E-state index is 1.10. The third kappa shape index (κ3) is 0.730. The van der Waals surface area contributed by atoms with Gasteiger partial charge in [0.15, 0.2) is 0 Å². The molecule has 0 bridgehead atoms. The average Bonchev–Trinajstić information content (AvgIpc) is 2.71. The second-order valence-corrected chi connectivity index (χ2v) is 4.03. The lowest BCUT2D eigenvalue weighted by atomic mass is 10.1. The standard InChI is InChI=1S/C10H9NS/c1-2-8-4-6-12-10(8)9-7(1)3-5-11-9/h1-2,4,6,11H,3,5H2.